The van der Waals surface area contributed by atoms with Gasteiger partial charge in [0.05, 0.1) is 29.9 Å². The molecule has 146 valence electrons. The van der Waals surface area contributed by atoms with Gasteiger partial charge in [-0.25, -0.2) is 4.98 Å². The number of hydrogen-bond donors (Lipinski definition) is 0. The first kappa shape index (κ1) is 19.9. The number of carbonyl (C=O) groups excluding carboxylic acids is 1. The van der Waals surface area contributed by atoms with Crippen molar-refractivity contribution < 1.29 is 9.53 Å². The Morgan fingerprint density at radius 1 is 1.26 bits per heavy atom. The van der Waals surface area contributed by atoms with E-state index >= 15 is 0 Å². The molecule has 8 heteroatoms. The first-order valence-corrected chi connectivity index (χ1v) is 10.2. The first-order valence-electron chi connectivity index (χ1n) is 9.19. The Bertz CT molecular complexity index is 846. The van der Waals surface area contributed by atoms with Crippen LogP contribution in [0.15, 0.2) is 34.2 Å². The number of fused-ring (bicyclic) bond motifs is 1. The largest absolute Gasteiger partial charge is 0.378 e. The van der Waals surface area contributed by atoms with Crippen molar-refractivity contribution in [3.8, 4) is 0 Å². The SMILES string of the molecule is CN(C)CCCn1c(SCC(=O)N2CCOCC2)nc2ccccc2c1=O. The summed E-state index contributed by atoms with van der Waals surface area (Å²) in [5.74, 6) is 0.337. The normalized spacial score (nSPS) is 14.9. The van der Waals surface area contributed by atoms with Gasteiger partial charge in [0.15, 0.2) is 5.16 Å². The van der Waals surface area contributed by atoms with E-state index in [0.717, 1.165) is 13.0 Å². The van der Waals surface area contributed by atoms with Gasteiger partial charge in [0.1, 0.15) is 0 Å². The third-order valence-corrected chi connectivity index (χ3v) is 5.46. The van der Waals surface area contributed by atoms with Crippen molar-refractivity contribution in [2.45, 2.75) is 18.1 Å². The number of rotatable bonds is 7. The molecule has 0 saturated carbocycles. The lowest BCUT2D eigenvalue weighted by Gasteiger charge is -2.26. The van der Waals surface area contributed by atoms with E-state index in [-0.39, 0.29) is 17.2 Å². The van der Waals surface area contributed by atoms with Gasteiger partial charge >= 0.3 is 0 Å². The van der Waals surface area contributed by atoms with Gasteiger partial charge in [-0.2, -0.15) is 0 Å². The van der Waals surface area contributed by atoms with Crippen molar-refractivity contribution in [2.75, 3.05) is 52.7 Å². The van der Waals surface area contributed by atoms with Crippen LogP contribution in [-0.2, 0) is 16.1 Å². The third-order valence-electron chi connectivity index (χ3n) is 4.50. The van der Waals surface area contributed by atoms with Crippen molar-refractivity contribution in [1.82, 2.24) is 19.4 Å². The number of morpholine rings is 1. The molecule has 27 heavy (non-hydrogen) atoms. The molecule has 1 aromatic heterocycles. The maximum absolute atomic E-state index is 13.0. The lowest BCUT2D eigenvalue weighted by atomic mass is 10.2. The Hall–Kier alpha value is -1.90. The van der Waals surface area contributed by atoms with Gasteiger partial charge in [0.25, 0.3) is 5.56 Å². The zero-order chi connectivity index (χ0) is 19.2. The van der Waals surface area contributed by atoms with E-state index in [1.165, 1.54) is 11.8 Å². The number of para-hydroxylation sites is 1. The van der Waals surface area contributed by atoms with Crippen molar-refractivity contribution in [3.05, 3.63) is 34.6 Å². The quantitative estimate of drug-likeness (QED) is 0.524. The van der Waals surface area contributed by atoms with Gasteiger partial charge in [0.2, 0.25) is 5.91 Å². The molecular formula is C19H26N4O3S. The summed E-state index contributed by atoms with van der Waals surface area (Å²) in [4.78, 5) is 34.0. The Balaban J connectivity index is 1.80. The Morgan fingerprint density at radius 3 is 2.74 bits per heavy atom. The summed E-state index contributed by atoms with van der Waals surface area (Å²) >= 11 is 1.34. The molecule has 2 heterocycles. The summed E-state index contributed by atoms with van der Waals surface area (Å²) in [6.45, 7) is 3.89. The molecule has 2 aromatic rings. The van der Waals surface area contributed by atoms with Gasteiger partial charge in [-0.3, -0.25) is 14.2 Å². The van der Waals surface area contributed by atoms with E-state index in [0.29, 0.717) is 48.9 Å². The standard InChI is InChI=1S/C19H26N4O3S/c1-21(2)8-5-9-23-18(25)15-6-3-4-7-16(15)20-19(23)27-14-17(24)22-10-12-26-13-11-22/h3-4,6-7H,5,8-14H2,1-2H3. The van der Waals surface area contributed by atoms with Crippen LogP contribution in [-0.4, -0.2) is 78.0 Å². The summed E-state index contributed by atoms with van der Waals surface area (Å²) in [6.07, 6.45) is 0.845. The number of thioether (sulfide) groups is 1. The Morgan fingerprint density at radius 2 is 2.00 bits per heavy atom. The molecule has 0 atom stereocenters. The van der Waals surface area contributed by atoms with Crippen LogP contribution in [0.2, 0.25) is 0 Å². The fourth-order valence-electron chi connectivity index (χ4n) is 3.03. The number of nitrogens with zero attached hydrogens (tertiary/aromatic N) is 4. The van der Waals surface area contributed by atoms with E-state index in [9.17, 15) is 9.59 Å². The van der Waals surface area contributed by atoms with Crippen LogP contribution < -0.4 is 5.56 Å². The molecule has 0 spiro atoms. The van der Waals surface area contributed by atoms with Crippen LogP contribution in [0.4, 0.5) is 0 Å². The predicted molar refractivity (Wildman–Crippen MR) is 107 cm³/mol. The minimum atomic E-state index is -0.0410. The first-order chi connectivity index (χ1) is 13.1. The van der Waals surface area contributed by atoms with Gasteiger partial charge < -0.3 is 14.5 Å². The number of amides is 1. The lowest BCUT2D eigenvalue weighted by molar-refractivity contribution is -0.132. The van der Waals surface area contributed by atoms with Crippen LogP contribution >= 0.6 is 11.8 Å². The molecule has 0 radical (unpaired) electrons. The molecule has 0 bridgehead atoms. The average Bonchev–Trinajstić information content (AvgIpc) is 2.68. The van der Waals surface area contributed by atoms with Gasteiger partial charge in [0, 0.05) is 19.6 Å². The number of aromatic nitrogens is 2. The predicted octanol–water partition coefficient (Wildman–Crippen LogP) is 1.30. The summed E-state index contributed by atoms with van der Waals surface area (Å²) < 4.78 is 7.01. The van der Waals surface area contributed by atoms with Crippen LogP contribution in [0.1, 0.15) is 6.42 Å². The van der Waals surface area contributed by atoms with E-state index in [4.69, 9.17) is 4.74 Å². The highest BCUT2D eigenvalue weighted by molar-refractivity contribution is 7.99. The molecule has 1 fully saturated rings. The molecule has 3 rings (SSSR count). The summed E-state index contributed by atoms with van der Waals surface area (Å²) in [7, 11) is 4.02. The molecule has 0 unspecified atom stereocenters. The van der Waals surface area contributed by atoms with Crippen LogP contribution in [0.5, 0.6) is 0 Å². The van der Waals surface area contributed by atoms with E-state index in [1.54, 1.807) is 10.6 Å². The molecule has 1 aliphatic heterocycles. The number of benzene rings is 1. The topological polar surface area (TPSA) is 67.7 Å². The minimum absolute atomic E-state index is 0.0410. The van der Waals surface area contributed by atoms with Crippen LogP contribution in [0.25, 0.3) is 10.9 Å². The number of carbonyl (C=O) groups is 1. The van der Waals surface area contributed by atoms with Crippen molar-refractivity contribution in [2.24, 2.45) is 0 Å². The maximum Gasteiger partial charge on any atom is 0.262 e. The van der Waals surface area contributed by atoms with E-state index in [2.05, 4.69) is 9.88 Å². The highest BCUT2D eigenvalue weighted by Crippen LogP contribution is 2.19. The second-order valence-corrected chi connectivity index (χ2v) is 7.75. The monoisotopic (exact) mass is 390 g/mol. The fraction of sp³-hybridized carbons (Fsp3) is 0.526. The Labute approximate surface area is 163 Å². The molecule has 1 aromatic carbocycles. The van der Waals surface area contributed by atoms with E-state index in [1.807, 2.05) is 37.2 Å². The number of hydrogen-bond acceptors (Lipinski definition) is 6. The van der Waals surface area contributed by atoms with Crippen molar-refractivity contribution in [3.63, 3.8) is 0 Å². The van der Waals surface area contributed by atoms with Crippen molar-refractivity contribution >= 4 is 28.6 Å². The summed E-state index contributed by atoms with van der Waals surface area (Å²) in [5.41, 5.74) is 0.633. The molecule has 0 aliphatic carbocycles. The fourth-order valence-corrected chi connectivity index (χ4v) is 3.96. The second-order valence-electron chi connectivity index (χ2n) is 6.81. The average molecular weight is 391 g/mol. The van der Waals surface area contributed by atoms with Gasteiger partial charge in [-0.05, 0) is 39.2 Å². The smallest absolute Gasteiger partial charge is 0.262 e. The van der Waals surface area contributed by atoms with Crippen LogP contribution in [0.3, 0.4) is 0 Å². The second kappa shape index (κ2) is 9.34. The molecule has 0 N–H and O–H groups in total. The third kappa shape index (κ3) is 5.09. The van der Waals surface area contributed by atoms with Crippen LogP contribution in [0, 0.1) is 0 Å². The van der Waals surface area contributed by atoms with Gasteiger partial charge in [-0.15, -0.1) is 0 Å². The highest BCUT2D eigenvalue weighted by Gasteiger charge is 2.19. The molecule has 1 aliphatic rings. The van der Waals surface area contributed by atoms with Crippen molar-refractivity contribution in [1.29, 1.82) is 0 Å². The Kier molecular flexibility index (Phi) is 6.87. The molecule has 1 amide bonds. The van der Waals surface area contributed by atoms with Gasteiger partial charge in [-0.1, -0.05) is 23.9 Å². The number of ether oxygens (including phenoxy) is 1. The highest BCUT2D eigenvalue weighted by atomic mass is 32.2. The zero-order valence-electron chi connectivity index (χ0n) is 15.9. The minimum Gasteiger partial charge on any atom is -0.378 e. The molecule has 7 nitrogen and oxygen atoms in total. The molecular weight excluding hydrogens is 364 g/mol. The zero-order valence-corrected chi connectivity index (χ0v) is 16.7. The van der Waals surface area contributed by atoms with E-state index < -0.39 is 0 Å². The summed E-state index contributed by atoms with van der Waals surface area (Å²) in [5, 5.41) is 1.23. The lowest BCUT2D eigenvalue weighted by Crippen LogP contribution is -2.41. The maximum atomic E-state index is 13.0. The molecule has 1 saturated heterocycles. The summed E-state index contributed by atoms with van der Waals surface area (Å²) in [6, 6.07) is 7.37.